The van der Waals surface area contributed by atoms with Crippen LogP contribution in [0.2, 0.25) is 0 Å². The zero-order chi connectivity index (χ0) is 29.9. The number of hydrogen-bond acceptors (Lipinski definition) is 9. The zero-order valence-electron chi connectivity index (χ0n) is 24.5. The van der Waals surface area contributed by atoms with Crippen LogP contribution in [-0.2, 0) is 10.0 Å². The van der Waals surface area contributed by atoms with E-state index in [1.807, 2.05) is 20.8 Å². The third kappa shape index (κ3) is 6.86. The highest BCUT2D eigenvalue weighted by molar-refractivity contribution is 7.90. The predicted octanol–water partition coefficient (Wildman–Crippen LogP) is 4.95. The minimum absolute atomic E-state index is 0.0301. The number of carbonyl (C=O) groups is 1. The Balaban J connectivity index is 1.31. The standard InChI is InChI=1S/C30H41N7O4S/c1-4-30(2,3)34-28-23(29(38)36-42(39,40)27-13-7-12-24(31)32-27)14-15-25(33-28)37-18-16-26(35-37)41-19-17-22(20-8-5-9-20)21-10-6-11-21/h7,12-16,18,20-22H,4-6,8-11,17,19H2,1-3H3,(H2,31,32)(H,33,34)(H,36,38). The summed E-state index contributed by atoms with van der Waals surface area (Å²) in [7, 11) is -4.26. The molecule has 226 valence electrons. The molecular weight excluding hydrogens is 554 g/mol. The quantitative estimate of drug-likeness (QED) is 0.249. The second-order valence-electron chi connectivity index (χ2n) is 12.0. The second kappa shape index (κ2) is 12.3. The Labute approximate surface area is 247 Å². The summed E-state index contributed by atoms with van der Waals surface area (Å²) >= 11 is 0. The van der Waals surface area contributed by atoms with Gasteiger partial charge in [0, 0.05) is 17.8 Å². The normalized spacial score (nSPS) is 16.1. The van der Waals surface area contributed by atoms with Gasteiger partial charge in [-0.2, -0.15) is 8.42 Å². The van der Waals surface area contributed by atoms with Gasteiger partial charge in [-0.05, 0) is 68.7 Å². The first-order chi connectivity index (χ1) is 20.0. The zero-order valence-corrected chi connectivity index (χ0v) is 25.4. The average Bonchev–Trinajstić information content (AvgIpc) is 3.35. The first-order valence-electron chi connectivity index (χ1n) is 14.8. The number of amides is 1. The van der Waals surface area contributed by atoms with Gasteiger partial charge >= 0.3 is 0 Å². The largest absolute Gasteiger partial charge is 0.477 e. The van der Waals surface area contributed by atoms with Gasteiger partial charge in [-0.1, -0.05) is 51.5 Å². The molecule has 2 fully saturated rings. The number of hydrogen-bond donors (Lipinski definition) is 3. The molecule has 0 bridgehead atoms. The lowest BCUT2D eigenvalue weighted by Gasteiger charge is -2.42. The molecule has 3 heterocycles. The molecule has 0 aromatic carbocycles. The van der Waals surface area contributed by atoms with Crippen molar-refractivity contribution in [3.05, 3.63) is 48.2 Å². The van der Waals surface area contributed by atoms with Gasteiger partial charge in [0.15, 0.2) is 10.8 Å². The number of sulfonamides is 1. The maximum Gasteiger partial charge on any atom is 0.281 e. The van der Waals surface area contributed by atoms with Crippen molar-refractivity contribution in [1.29, 1.82) is 0 Å². The third-order valence-electron chi connectivity index (χ3n) is 8.72. The lowest BCUT2D eigenvalue weighted by atomic mass is 9.63. The Bertz CT molecular complexity index is 1500. The van der Waals surface area contributed by atoms with Gasteiger partial charge in [-0.15, -0.1) is 5.10 Å². The Morgan fingerprint density at radius 3 is 2.43 bits per heavy atom. The molecule has 0 unspecified atom stereocenters. The monoisotopic (exact) mass is 595 g/mol. The van der Waals surface area contributed by atoms with Crippen LogP contribution in [0.1, 0.15) is 82.5 Å². The molecule has 2 aliphatic rings. The Hall–Kier alpha value is -3.67. The molecule has 2 aliphatic carbocycles. The number of nitrogens with two attached hydrogens (primary N) is 1. The molecule has 42 heavy (non-hydrogen) atoms. The van der Waals surface area contributed by atoms with Crippen molar-refractivity contribution in [2.45, 2.75) is 82.7 Å². The van der Waals surface area contributed by atoms with Gasteiger partial charge in [-0.3, -0.25) is 4.79 Å². The fourth-order valence-electron chi connectivity index (χ4n) is 5.48. The predicted molar refractivity (Wildman–Crippen MR) is 161 cm³/mol. The summed E-state index contributed by atoms with van der Waals surface area (Å²) in [4.78, 5) is 21.7. The molecule has 11 nitrogen and oxygen atoms in total. The molecule has 0 spiro atoms. The van der Waals surface area contributed by atoms with Crippen molar-refractivity contribution in [2.24, 2.45) is 17.8 Å². The second-order valence-corrected chi connectivity index (χ2v) is 13.7. The Morgan fingerprint density at radius 2 is 1.81 bits per heavy atom. The SMILES string of the molecule is CCC(C)(C)Nc1nc(-n2ccc(OCCC(C3CCC3)C3CCC3)n2)ccc1C(=O)NS(=O)(=O)c1cccc(N)n1. The van der Waals surface area contributed by atoms with Crippen LogP contribution in [0, 0.1) is 17.8 Å². The third-order valence-corrected chi connectivity index (χ3v) is 9.96. The molecule has 0 aliphatic heterocycles. The van der Waals surface area contributed by atoms with Crippen molar-refractivity contribution in [3.8, 4) is 11.7 Å². The van der Waals surface area contributed by atoms with Gasteiger partial charge in [0.05, 0.1) is 12.2 Å². The van der Waals surface area contributed by atoms with E-state index in [-0.39, 0.29) is 22.2 Å². The average molecular weight is 596 g/mol. The van der Waals surface area contributed by atoms with Crippen molar-refractivity contribution < 1.29 is 17.9 Å². The molecule has 12 heteroatoms. The van der Waals surface area contributed by atoms with E-state index in [2.05, 4.69) is 25.1 Å². The van der Waals surface area contributed by atoms with Crippen LogP contribution in [-0.4, -0.2) is 46.2 Å². The van der Waals surface area contributed by atoms with Crippen molar-refractivity contribution in [2.75, 3.05) is 17.7 Å². The molecule has 1 amide bonds. The van der Waals surface area contributed by atoms with Crippen molar-refractivity contribution >= 4 is 27.6 Å². The molecular formula is C30H41N7O4S. The highest BCUT2D eigenvalue weighted by atomic mass is 32.2. The number of ether oxygens (including phenoxy) is 1. The summed E-state index contributed by atoms with van der Waals surface area (Å²) in [5, 5.41) is 7.50. The van der Waals surface area contributed by atoms with E-state index in [1.54, 1.807) is 23.0 Å². The van der Waals surface area contributed by atoms with E-state index in [0.29, 0.717) is 18.3 Å². The number of carbonyl (C=O) groups excluding carboxylic acids is 1. The minimum atomic E-state index is -4.26. The van der Waals surface area contributed by atoms with Crippen LogP contribution in [0.4, 0.5) is 11.6 Å². The first kappa shape index (κ1) is 29.8. The molecule has 3 aromatic heterocycles. The Morgan fingerprint density at radius 1 is 1.10 bits per heavy atom. The number of nitrogen functional groups attached to an aromatic ring is 1. The highest BCUT2D eigenvalue weighted by Gasteiger charge is 2.35. The van der Waals surface area contributed by atoms with E-state index >= 15 is 0 Å². The summed E-state index contributed by atoms with van der Waals surface area (Å²) in [5.41, 5.74) is 5.27. The summed E-state index contributed by atoms with van der Waals surface area (Å²) in [6.07, 6.45) is 11.7. The summed E-state index contributed by atoms with van der Waals surface area (Å²) in [5.74, 6) is 2.85. The van der Waals surface area contributed by atoms with E-state index in [0.717, 1.165) is 30.6 Å². The van der Waals surface area contributed by atoms with Crippen LogP contribution < -0.4 is 20.5 Å². The molecule has 2 saturated carbocycles. The maximum absolute atomic E-state index is 13.2. The summed E-state index contributed by atoms with van der Waals surface area (Å²) in [6, 6.07) is 9.13. The van der Waals surface area contributed by atoms with E-state index in [4.69, 9.17) is 10.5 Å². The van der Waals surface area contributed by atoms with Gasteiger partial charge in [0.2, 0.25) is 5.88 Å². The smallest absolute Gasteiger partial charge is 0.281 e. The van der Waals surface area contributed by atoms with E-state index in [9.17, 15) is 13.2 Å². The van der Waals surface area contributed by atoms with E-state index < -0.39 is 21.5 Å². The maximum atomic E-state index is 13.2. The van der Waals surface area contributed by atoms with Crippen LogP contribution in [0.5, 0.6) is 5.88 Å². The minimum Gasteiger partial charge on any atom is -0.477 e. The topological polar surface area (TPSA) is 154 Å². The molecule has 0 saturated heterocycles. The first-order valence-corrected chi connectivity index (χ1v) is 16.3. The van der Waals surface area contributed by atoms with Gasteiger partial charge in [-0.25, -0.2) is 19.4 Å². The fourth-order valence-corrected chi connectivity index (χ4v) is 6.42. The molecule has 4 N–H and O–H groups in total. The summed E-state index contributed by atoms with van der Waals surface area (Å²) < 4.78 is 35.4. The highest BCUT2D eigenvalue weighted by Crippen LogP contribution is 2.46. The number of nitrogens with one attached hydrogen (secondary N) is 2. The number of rotatable bonds is 13. The number of anilines is 2. The molecule has 3 aromatic rings. The lowest BCUT2D eigenvalue weighted by Crippen LogP contribution is -2.35. The molecule has 5 rings (SSSR count). The van der Waals surface area contributed by atoms with Gasteiger partial charge in [0.1, 0.15) is 11.6 Å². The summed E-state index contributed by atoms with van der Waals surface area (Å²) in [6.45, 7) is 6.58. The number of pyridine rings is 2. The molecule has 0 radical (unpaired) electrons. The van der Waals surface area contributed by atoms with Crippen LogP contribution in [0.15, 0.2) is 47.6 Å². The number of nitrogens with zero attached hydrogens (tertiary/aromatic N) is 4. The van der Waals surface area contributed by atoms with Crippen LogP contribution in [0.25, 0.3) is 5.82 Å². The van der Waals surface area contributed by atoms with Crippen molar-refractivity contribution in [1.82, 2.24) is 24.5 Å². The van der Waals surface area contributed by atoms with Crippen molar-refractivity contribution in [3.63, 3.8) is 0 Å². The molecule has 0 atom stereocenters. The lowest BCUT2D eigenvalue weighted by molar-refractivity contribution is 0.0720. The van der Waals surface area contributed by atoms with Gasteiger partial charge < -0.3 is 15.8 Å². The van der Waals surface area contributed by atoms with E-state index in [1.165, 1.54) is 62.8 Å². The van der Waals surface area contributed by atoms with Crippen LogP contribution >= 0.6 is 0 Å². The Kier molecular flexibility index (Phi) is 8.72. The fraction of sp³-hybridized carbons (Fsp3) is 0.533. The van der Waals surface area contributed by atoms with Gasteiger partial charge in [0.25, 0.3) is 15.9 Å². The van der Waals surface area contributed by atoms with Crippen LogP contribution in [0.3, 0.4) is 0 Å². The number of aromatic nitrogens is 4.